The van der Waals surface area contributed by atoms with Crippen LogP contribution in [0.3, 0.4) is 0 Å². The first kappa shape index (κ1) is 12.9. The van der Waals surface area contributed by atoms with Crippen LogP contribution >= 0.6 is 15.9 Å². The molecule has 1 amide bonds. The summed E-state index contributed by atoms with van der Waals surface area (Å²) >= 11 is 3.39. The first-order valence-electron chi connectivity index (χ1n) is 5.14. The highest BCUT2D eigenvalue weighted by Crippen LogP contribution is 2.17. The summed E-state index contributed by atoms with van der Waals surface area (Å²) in [5.74, 6) is -0.187. The molecule has 0 aliphatic heterocycles. The number of nitrogens with zero attached hydrogens (tertiary/aromatic N) is 1. The second kappa shape index (κ2) is 5.80. The third kappa shape index (κ3) is 3.45. The molecule has 0 saturated carbocycles. The van der Waals surface area contributed by atoms with Gasteiger partial charge in [-0.25, -0.2) is 5.43 Å². The van der Waals surface area contributed by atoms with Crippen molar-refractivity contribution in [2.75, 3.05) is 0 Å². The smallest absolute Gasteiger partial charge is 0.267 e. The van der Waals surface area contributed by atoms with E-state index in [1.165, 1.54) is 0 Å². The normalized spacial score (nSPS) is 11.4. The second-order valence-corrected chi connectivity index (χ2v) is 4.46. The van der Waals surface area contributed by atoms with E-state index in [1.807, 2.05) is 26.8 Å². The minimum atomic E-state index is -0.187. The summed E-state index contributed by atoms with van der Waals surface area (Å²) in [6.07, 6.45) is 0.831. The van der Waals surface area contributed by atoms with E-state index in [0.29, 0.717) is 5.56 Å². The molecule has 0 heterocycles. The number of hydrogen-bond donors (Lipinski definition) is 1. The molecule has 0 aromatic heterocycles. The maximum absolute atomic E-state index is 11.7. The molecule has 1 N–H and O–H groups in total. The maximum atomic E-state index is 11.7. The predicted octanol–water partition coefficient (Wildman–Crippen LogP) is 3.27. The van der Waals surface area contributed by atoms with Crippen molar-refractivity contribution in [2.45, 2.75) is 27.2 Å². The summed E-state index contributed by atoms with van der Waals surface area (Å²) in [4.78, 5) is 11.7. The van der Waals surface area contributed by atoms with Crippen molar-refractivity contribution in [3.63, 3.8) is 0 Å². The molecule has 1 rings (SSSR count). The zero-order valence-electron chi connectivity index (χ0n) is 9.67. The average Bonchev–Trinajstić information content (AvgIpc) is 2.29. The van der Waals surface area contributed by atoms with Gasteiger partial charge in [0, 0.05) is 15.7 Å². The fourth-order valence-corrected chi connectivity index (χ4v) is 1.40. The Labute approximate surface area is 104 Å². The molecular formula is C12H15BrN2O. The van der Waals surface area contributed by atoms with Gasteiger partial charge in [-0.15, -0.1) is 0 Å². The number of amides is 1. The van der Waals surface area contributed by atoms with Gasteiger partial charge in [-0.3, -0.25) is 4.79 Å². The third-order valence-corrected chi connectivity index (χ3v) is 3.15. The summed E-state index contributed by atoms with van der Waals surface area (Å²) in [7, 11) is 0. The molecule has 1 aromatic carbocycles. The predicted molar refractivity (Wildman–Crippen MR) is 69.7 cm³/mol. The van der Waals surface area contributed by atoms with E-state index in [9.17, 15) is 4.79 Å². The average molecular weight is 283 g/mol. The number of carbonyl (C=O) groups is 1. The van der Waals surface area contributed by atoms with E-state index >= 15 is 0 Å². The van der Waals surface area contributed by atoms with Crippen LogP contribution in [-0.2, 0) is 0 Å². The van der Waals surface area contributed by atoms with Gasteiger partial charge in [0.05, 0.1) is 0 Å². The monoisotopic (exact) mass is 282 g/mol. The summed E-state index contributed by atoms with van der Waals surface area (Å²) in [6.45, 7) is 5.85. The molecule has 0 spiro atoms. The standard InChI is InChI=1S/C12H15BrN2O/c1-4-9(3)14-15-12(16)10-6-5-8(2)11(13)7-10/h5-7H,4H2,1-3H3,(H,15,16)/b14-9-. The molecule has 0 aliphatic rings. The molecule has 0 radical (unpaired) electrons. The van der Waals surface area contributed by atoms with Crippen molar-refractivity contribution in [1.82, 2.24) is 5.43 Å². The fourth-order valence-electron chi connectivity index (χ4n) is 1.02. The minimum absolute atomic E-state index is 0.187. The van der Waals surface area contributed by atoms with Gasteiger partial charge in [0.15, 0.2) is 0 Å². The van der Waals surface area contributed by atoms with Crippen LogP contribution in [0.4, 0.5) is 0 Å². The van der Waals surface area contributed by atoms with E-state index in [4.69, 9.17) is 0 Å². The van der Waals surface area contributed by atoms with E-state index in [2.05, 4.69) is 26.5 Å². The highest BCUT2D eigenvalue weighted by molar-refractivity contribution is 9.10. The van der Waals surface area contributed by atoms with E-state index < -0.39 is 0 Å². The summed E-state index contributed by atoms with van der Waals surface area (Å²) in [5, 5.41) is 3.97. The summed E-state index contributed by atoms with van der Waals surface area (Å²) in [5.41, 5.74) is 5.13. The summed E-state index contributed by atoms with van der Waals surface area (Å²) < 4.78 is 0.927. The molecule has 0 saturated heterocycles. The van der Waals surface area contributed by atoms with Gasteiger partial charge in [-0.1, -0.05) is 28.9 Å². The molecule has 86 valence electrons. The lowest BCUT2D eigenvalue weighted by Crippen LogP contribution is -2.18. The first-order valence-corrected chi connectivity index (χ1v) is 5.93. The molecule has 0 fully saturated rings. The lowest BCUT2D eigenvalue weighted by atomic mass is 10.1. The maximum Gasteiger partial charge on any atom is 0.271 e. The van der Waals surface area contributed by atoms with Crippen molar-refractivity contribution in [1.29, 1.82) is 0 Å². The van der Waals surface area contributed by atoms with Gasteiger partial charge in [-0.2, -0.15) is 5.10 Å². The number of hydrogen-bond acceptors (Lipinski definition) is 2. The minimum Gasteiger partial charge on any atom is -0.267 e. The van der Waals surface area contributed by atoms with E-state index in [0.717, 1.165) is 22.2 Å². The summed E-state index contributed by atoms with van der Waals surface area (Å²) in [6, 6.07) is 5.48. The molecule has 16 heavy (non-hydrogen) atoms. The Bertz CT molecular complexity index is 427. The van der Waals surface area contributed by atoms with Gasteiger partial charge >= 0.3 is 0 Å². The molecule has 0 atom stereocenters. The lowest BCUT2D eigenvalue weighted by Gasteiger charge is -2.03. The first-order chi connectivity index (χ1) is 7.54. The second-order valence-electron chi connectivity index (χ2n) is 3.61. The van der Waals surface area contributed by atoms with Gasteiger partial charge in [-0.05, 0) is 38.0 Å². The molecule has 3 nitrogen and oxygen atoms in total. The van der Waals surface area contributed by atoms with Crippen LogP contribution in [-0.4, -0.2) is 11.6 Å². The Morgan fingerprint density at radius 3 is 2.75 bits per heavy atom. The van der Waals surface area contributed by atoms with Crippen LogP contribution in [0.2, 0.25) is 0 Å². The Hall–Kier alpha value is -1.16. The molecular weight excluding hydrogens is 268 g/mol. The quantitative estimate of drug-likeness (QED) is 0.671. The Kier molecular flexibility index (Phi) is 4.68. The van der Waals surface area contributed by atoms with Gasteiger partial charge in [0.25, 0.3) is 5.91 Å². The number of halogens is 1. The SMILES string of the molecule is CC/C(C)=N\NC(=O)c1ccc(C)c(Br)c1. The highest BCUT2D eigenvalue weighted by atomic mass is 79.9. The van der Waals surface area contributed by atoms with Crippen molar-refractivity contribution < 1.29 is 4.79 Å². The van der Waals surface area contributed by atoms with Crippen molar-refractivity contribution in [3.05, 3.63) is 33.8 Å². The molecule has 0 unspecified atom stereocenters. The van der Waals surface area contributed by atoms with Crippen LogP contribution in [0.5, 0.6) is 0 Å². The largest absolute Gasteiger partial charge is 0.271 e. The highest BCUT2D eigenvalue weighted by Gasteiger charge is 2.05. The fraction of sp³-hybridized carbons (Fsp3) is 0.333. The molecule has 4 heteroatoms. The van der Waals surface area contributed by atoms with Crippen LogP contribution in [0, 0.1) is 6.92 Å². The van der Waals surface area contributed by atoms with Crippen molar-refractivity contribution in [3.8, 4) is 0 Å². The number of hydrazone groups is 1. The van der Waals surface area contributed by atoms with Gasteiger partial charge in [0.2, 0.25) is 0 Å². The zero-order valence-corrected chi connectivity index (χ0v) is 11.3. The third-order valence-electron chi connectivity index (χ3n) is 2.29. The molecule has 0 bridgehead atoms. The van der Waals surface area contributed by atoms with E-state index in [-0.39, 0.29) is 5.91 Å². The number of aryl methyl sites for hydroxylation is 1. The Morgan fingerprint density at radius 2 is 2.19 bits per heavy atom. The van der Waals surface area contributed by atoms with Crippen molar-refractivity contribution >= 4 is 27.5 Å². The van der Waals surface area contributed by atoms with Gasteiger partial charge in [0.1, 0.15) is 0 Å². The van der Waals surface area contributed by atoms with Crippen LogP contribution < -0.4 is 5.43 Å². The van der Waals surface area contributed by atoms with E-state index in [1.54, 1.807) is 12.1 Å². The van der Waals surface area contributed by atoms with Crippen LogP contribution in [0.25, 0.3) is 0 Å². The van der Waals surface area contributed by atoms with Crippen molar-refractivity contribution in [2.24, 2.45) is 5.10 Å². The van der Waals surface area contributed by atoms with Crippen LogP contribution in [0.1, 0.15) is 36.2 Å². The molecule has 0 aliphatic carbocycles. The molecule has 1 aromatic rings. The topological polar surface area (TPSA) is 41.5 Å². The number of carbonyl (C=O) groups excluding carboxylic acids is 1. The van der Waals surface area contributed by atoms with Crippen LogP contribution in [0.15, 0.2) is 27.8 Å². The number of rotatable bonds is 3. The number of benzene rings is 1. The zero-order chi connectivity index (χ0) is 12.1. The lowest BCUT2D eigenvalue weighted by molar-refractivity contribution is 0.0954. The Morgan fingerprint density at radius 1 is 1.50 bits per heavy atom. The van der Waals surface area contributed by atoms with Gasteiger partial charge < -0.3 is 0 Å². The Balaban J connectivity index is 2.77. The number of nitrogens with one attached hydrogen (secondary N) is 1.